The zero-order valence-electron chi connectivity index (χ0n) is 21.5. The van der Waals surface area contributed by atoms with Crippen LogP contribution in [0.25, 0.3) is 11.1 Å². The normalized spacial score (nSPS) is 20.7. The molecule has 0 saturated carbocycles. The summed E-state index contributed by atoms with van der Waals surface area (Å²) in [5.41, 5.74) is 2.84. The molecule has 2 aliphatic rings. The molecular weight excluding hydrogens is 486 g/mol. The van der Waals surface area contributed by atoms with Gasteiger partial charge in [0, 0.05) is 11.5 Å². The highest BCUT2D eigenvalue weighted by molar-refractivity contribution is 6.02. The lowest BCUT2D eigenvalue weighted by Crippen LogP contribution is -2.63. The summed E-state index contributed by atoms with van der Waals surface area (Å²) in [4.78, 5) is 49.8. The second kappa shape index (κ2) is 11.9. The molecule has 4 atom stereocenters. The maximum absolute atomic E-state index is 13.2. The molecule has 0 aromatic heterocycles. The minimum Gasteiger partial charge on any atom is -0.489 e. The topological polar surface area (TPSA) is 91.4 Å². The van der Waals surface area contributed by atoms with Crippen LogP contribution in [0.4, 0.5) is 0 Å². The first-order chi connectivity index (χ1) is 18.4. The standard InChI is InChI=1S/C30H31NO7/c1-5-15-35-30(34)27-24(18-36-23-14-10-13-22(17-23)21-11-8-7-9-12-21)19(3)26-25(28(32)31(26)27)20(4)29(33)38-37-16-6-2/h5-14,17,19-20,25-26H,1-2,15-16,18H2,3-4H3/t19-,20?,25?,26?/m0/s1. The van der Waals surface area contributed by atoms with Crippen LogP contribution in [-0.4, -0.2) is 48.6 Å². The molecule has 198 valence electrons. The van der Waals surface area contributed by atoms with Crippen molar-refractivity contribution in [3.05, 3.63) is 91.2 Å². The third-order valence-electron chi connectivity index (χ3n) is 6.89. The highest BCUT2D eigenvalue weighted by Gasteiger charge is 2.61. The Kier molecular flexibility index (Phi) is 8.43. The molecule has 2 aliphatic heterocycles. The van der Waals surface area contributed by atoms with E-state index in [0.717, 1.165) is 11.1 Å². The summed E-state index contributed by atoms with van der Waals surface area (Å²) < 4.78 is 11.4. The van der Waals surface area contributed by atoms with Gasteiger partial charge in [-0.25, -0.2) is 9.59 Å². The number of esters is 1. The molecule has 38 heavy (non-hydrogen) atoms. The summed E-state index contributed by atoms with van der Waals surface area (Å²) in [6.45, 7) is 10.7. The first-order valence-electron chi connectivity index (χ1n) is 12.5. The Morgan fingerprint density at radius 3 is 2.45 bits per heavy atom. The van der Waals surface area contributed by atoms with Crippen molar-refractivity contribution < 1.29 is 33.6 Å². The third kappa shape index (κ3) is 5.26. The van der Waals surface area contributed by atoms with Gasteiger partial charge in [0.25, 0.3) is 0 Å². The van der Waals surface area contributed by atoms with Crippen molar-refractivity contribution in [3.63, 3.8) is 0 Å². The molecule has 8 heteroatoms. The molecule has 8 nitrogen and oxygen atoms in total. The van der Waals surface area contributed by atoms with E-state index in [1.54, 1.807) is 6.92 Å². The molecule has 4 rings (SSSR count). The molecule has 0 radical (unpaired) electrons. The summed E-state index contributed by atoms with van der Waals surface area (Å²) in [7, 11) is 0. The zero-order chi connectivity index (χ0) is 27.2. The molecule has 1 amide bonds. The van der Waals surface area contributed by atoms with Crippen molar-refractivity contribution >= 4 is 17.8 Å². The van der Waals surface area contributed by atoms with Crippen LogP contribution in [0.2, 0.25) is 0 Å². The molecule has 3 unspecified atom stereocenters. The largest absolute Gasteiger partial charge is 0.489 e. The Bertz CT molecular complexity index is 1250. The van der Waals surface area contributed by atoms with E-state index in [1.807, 2.05) is 61.5 Å². The van der Waals surface area contributed by atoms with Gasteiger partial charge in [0.05, 0.1) is 17.9 Å². The molecule has 0 bridgehead atoms. The van der Waals surface area contributed by atoms with Crippen LogP contribution in [-0.2, 0) is 28.9 Å². The van der Waals surface area contributed by atoms with Crippen molar-refractivity contribution in [2.45, 2.75) is 19.9 Å². The Morgan fingerprint density at radius 2 is 1.74 bits per heavy atom. The van der Waals surface area contributed by atoms with Gasteiger partial charge < -0.3 is 14.4 Å². The van der Waals surface area contributed by atoms with Gasteiger partial charge in [0.2, 0.25) is 5.91 Å². The molecule has 0 N–H and O–H groups in total. The van der Waals surface area contributed by atoms with E-state index < -0.39 is 29.8 Å². The number of nitrogens with zero attached hydrogens (tertiary/aromatic N) is 1. The number of rotatable bonds is 12. The van der Waals surface area contributed by atoms with E-state index >= 15 is 0 Å². The van der Waals surface area contributed by atoms with Crippen molar-refractivity contribution in [2.75, 3.05) is 19.8 Å². The molecule has 2 aromatic carbocycles. The van der Waals surface area contributed by atoms with Crippen LogP contribution in [0, 0.1) is 17.8 Å². The number of carbonyl (C=O) groups excluding carboxylic acids is 3. The monoisotopic (exact) mass is 517 g/mol. The molecule has 1 fully saturated rings. The Hall–Kier alpha value is -4.17. The van der Waals surface area contributed by atoms with Gasteiger partial charge in [0.15, 0.2) is 0 Å². The van der Waals surface area contributed by atoms with Crippen LogP contribution in [0.5, 0.6) is 5.75 Å². The fourth-order valence-electron chi connectivity index (χ4n) is 4.96. The average molecular weight is 518 g/mol. The van der Waals surface area contributed by atoms with Gasteiger partial charge in [-0.2, -0.15) is 4.89 Å². The smallest absolute Gasteiger partial charge is 0.355 e. The number of amides is 1. The molecular formula is C30H31NO7. The second-order valence-corrected chi connectivity index (χ2v) is 9.22. The van der Waals surface area contributed by atoms with Gasteiger partial charge in [-0.1, -0.05) is 75.0 Å². The van der Waals surface area contributed by atoms with Gasteiger partial charge in [-0.05, 0) is 23.3 Å². The Balaban J connectivity index is 1.55. The second-order valence-electron chi connectivity index (χ2n) is 9.22. The summed E-state index contributed by atoms with van der Waals surface area (Å²) in [5, 5.41) is 0. The van der Waals surface area contributed by atoms with Crippen molar-refractivity contribution in [1.82, 2.24) is 4.90 Å². The van der Waals surface area contributed by atoms with Crippen molar-refractivity contribution in [3.8, 4) is 16.9 Å². The lowest BCUT2D eigenvalue weighted by molar-refractivity contribution is -0.271. The minimum absolute atomic E-state index is 0.00344. The fourth-order valence-corrected chi connectivity index (χ4v) is 4.96. The SMILES string of the molecule is C=CCOOC(=O)C(C)C1C(=O)N2C(C(=O)OCC=C)=C(COc3cccc(-c4ccccc4)c3)[C@H](C)C12. The van der Waals surface area contributed by atoms with E-state index in [2.05, 4.69) is 13.2 Å². The van der Waals surface area contributed by atoms with Crippen LogP contribution in [0.1, 0.15) is 13.8 Å². The summed E-state index contributed by atoms with van der Waals surface area (Å²) in [6.07, 6.45) is 2.90. The molecule has 2 heterocycles. The fraction of sp³-hybridized carbons (Fsp3) is 0.300. The van der Waals surface area contributed by atoms with Gasteiger partial charge in [-0.3, -0.25) is 9.68 Å². The predicted octanol–water partition coefficient (Wildman–Crippen LogP) is 4.49. The maximum Gasteiger partial charge on any atom is 0.355 e. The molecule has 0 aliphatic carbocycles. The van der Waals surface area contributed by atoms with Crippen LogP contribution < -0.4 is 4.74 Å². The van der Waals surface area contributed by atoms with Gasteiger partial charge in [-0.15, -0.1) is 6.58 Å². The van der Waals surface area contributed by atoms with E-state index in [1.165, 1.54) is 17.1 Å². The van der Waals surface area contributed by atoms with E-state index in [-0.39, 0.29) is 37.3 Å². The number of carbonyl (C=O) groups is 3. The molecule has 0 spiro atoms. The Morgan fingerprint density at radius 1 is 1.03 bits per heavy atom. The average Bonchev–Trinajstić information content (AvgIpc) is 3.19. The first kappa shape index (κ1) is 26.9. The minimum atomic E-state index is -0.774. The quantitative estimate of drug-likeness (QED) is 0.102. The number of benzene rings is 2. The number of β-lactam (4-membered cyclic amide) rings is 1. The highest BCUT2D eigenvalue weighted by atomic mass is 17.2. The summed E-state index contributed by atoms with van der Waals surface area (Å²) in [6, 6.07) is 17.2. The zero-order valence-corrected chi connectivity index (χ0v) is 21.5. The number of hydrogen-bond acceptors (Lipinski definition) is 7. The molecule has 1 saturated heterocycles. The number of ether oxygens (including phenoxy) is 2. The predicted molar refractivity (Wildman–Crippen MR) is 140 cm³/mol. The van der Waals surface area contributed by atoms with Crippen LogP contribution in [0.15, 0.2) is 91.2 Å². The van der Waals surface area contributed by atoms with Crippen LogP contribution in [0.3, 0.4) is 0 Å². The number of hydrogen-bond donors (Lipinski definition) is 0. The summed E-state index contributed by atoms with van der Waals surface area (Å²) >= 11 is 0. The van der Waals surface area contributed by atoms with Gasteiger partial charge >= 0.3 is 11.9 Å². The van der Waals surface area contributed by atoms with E-state index in [9.17, 15) is 14.4 Å². The van der Waals surface area contributed by atoms with Crippen LogP contribution >= 0.6 is 0 Å². The van der Waals surface area contributed by atoms with E-state index in [4.69, 9.17) is 19.2 Å². The van der Waals surface area contributed by atoms with Gasteiger partial charge in [0.1, 0.15) is 31.3 Å². The Labute approximate surface area is 222 Å². The third-order valence-corrected chi connectivity index (χ3v) is 6.89. The summed E-state index contributed by atoms with van der Waals surface area (Å²) in [5.74, 6) is -2.72. The van der Waals surface area contributed by atoms with Crippen molar-refractivity contribution in [2.24, 2.45) is 17.8 Å². The molecule has 2 aromatic rings. The first-order valence-corrected chi connectivity index (χ1v) is 12.5. The van der Waals surface area contributed by atoms with Crippen molar-refractivity contribution in [1.29, 1.82) is 0 Å². The number of fused-ring (bicyclic) bond motifs is 1. The lowest BCUT2D eigenvalue weighted by atomic mass is 9.74. The highest BCUT2D eigenvalue weighted by Crippen LogP contribution is 2.49. The van der Waals surface area contributed by atoms with E-state index in [0.29, 0.717) is 11.3 Å². The lowest BCUT2D eigenvalue weighted by Gasteiger charge is -2.47. The maximum atomic E-state index is 13.2.